The van der Waals surface area contributed by atoms with Crippen molar-refractivity contribution in [2.45, 2.75) is 91.5 Å². The molecule has 17 nitrogen and oxygen atoms in total. The van der Waals surface area contributed by atoms with E-state index >= 15 is 0 Å². The number of esters is 2. The zero-order valence-corrected chi connectivity index (χ0v) is 35.8. The van der Waals surface area contributed by atoms with E-state index in [1.165, 1.54) is 35.3 Å². The fourth-order valence-corrected chi connectivity index (χ4v) is 6.26. The lowest BCUT2D eigenvalue weighted by atomic mass is 9.67. The number of imide groups is 1. The van der Waals surface area contributed by atoms with Gasteiger partial charge in [0, 0.05) is 62.7 Å². The van der Waals surface area contributed by atoms with Crippen LogP contribution in [0.4, 0.5) is 5.69 Å². The van der Waals surface area contributed by atoms with Gasteiger partial charge in [-0.3, -0.25) is 33.7 Å². The highest BCUT2D eigenvalue weighted by Crippen LogP contribution is 2.41. The molecule has 0 aromatic heterocycles. The first kappa shape index (κ1) is 49.7. The quantitative estimate of drug-likeness (QED) is 0.0187. The molecule has 1 aromatic carbocycles. The van der Waals surface area contributed by atoms with Gasteiger partial charge in [-0.25, -0.2) is 9.59 Å². The Labute approximate surface area is 358 Å². The van der Waals surface area contributed by atoms with Gasteiger partial charge in [0.2, 0.25) is 23.6 Å². The summed E-state index contributed by atoms with van der Waals surface area (Å²) in [6, 6.07) is 4.03. The van der Waals surface area contributed by atoms with Crippen molar-refractivity contribution in [3.63, 3.8) is 0 Å². The predicted molar refractivity (Wildman–Crippen MR) is 230 cm³/mol. The molecular weight excluding hydrogens is 787 g/mol. The third-order valence-corrected chi connectivity index (χ3v) is 9.86. The van der Waals surface area contributed by atoms with Gasteiger partial charge in [-0.2, -0.15) is 0 Å². The number of nitrogens with two attached hydrogens (primary N) is 1. The highest BCUT2D eigenvalue weighted by molar-refractivity contribution is 6.13. The third-order valence-electron chi connectivity index (χ3n) is 9.86. The Morgan fingerprint density at radius 2 is 1.46 bits per heavy atom. The van der Waals surface area contributed by atoms with E-state index in [0.29, 0.717) is 81.4 Å². The Kier molecular flexibility index (Phi) is 21.0. The maximum Gasteiger partial charge on any atom is 0.330 e. The van der Waals surface area contributed by atoms with Crippen molar-refractivity contribution in [1.29, 1.82) is 0 Å². The van der Waals surface area contributed by atoms with Crippen LogP contribution < -0.4 is 32.3 Å². The molecule has 1 aliphatic heterocycles. The van der Waals surface area contributed by atoms with E-state index in [4.69, 9.17) is 15.2 Å². The van der Waals surface area contributed by atoms with E-state index in [0.717, 1.165) is 0 Å². The molecule has 0 bridgehead atoms. The third kappa shape index (κ3) is 17.1. The minimum absolute atomic E-state index is 0.0751. The molecule has 1 saturated carbocycles. The first-order valence-electron chi connectivity index (χ1n) is 21.1. The molecule has 1 aromatic rings. The lowest BCUT2D eigenvalue weighted by Crippen LogP contribution is -2.59. The highest BCUT2D eigenvalue weighted by Gasteiger charge is 2.51. The second-order valence-electron chi connectivity index (χ2n) is 15.9. The summed E-state index contributed by atoms with van der Waals surface area (Å²) in [7, 11) is 0. The fourth-order valence-electron chi connectivity index (χ4n) is 6.26. The molecule has 1 atom stereocenters. The molecule has 61 heavy (non-hydrogen) atoms. The predicted octanol–water partition coefficient (Wildman–Crippen LogP) is 2.71. The van der Waals surface area contributed by atoms with Crippen LogP contribution in [0.15, 0.2) is 42.5 Å². The van der Waals surface area contributed by atoms with E-state index in [1.807, 2.05) is 27.7 Å². The number of rotatable bonds is 27. The van der Waals surface area contributed by atoms with Crippen molar-refractivity contribution in [2.24, 2.45) is 23.0 Å². The number of nitrogens with one attached hydrogen (secondary N) is 5. The number of benzene rings is 1. The largest absolute Gasteiger partial charge is 0.462 e. The molecule has 1 aliphatic carbocycles. The molecule has 1 unspecified atom stereocenters. The molecule has 0 spiro atoms. The van der Waals surface area contributed by atoms with Gasteiger partial charge in [0.15, 0.2) is 0 Å². The Balaban J connectivity index is 1.60. The summed E-state index contributed by atoms with van der Waals surface area (Å²) >= 11 is 0. The van der Waals surface area contributed by atoms with Gasteiger partial charge in [-0.05, 0) is 92.7 Å². The number of amides is 6. The zero-order valence-electron chi connectivity index (χ0n) is 35.8. The van der Waals surface area contributed by atoms with E-state index < -0.39 is 47.0 Å². The van der Waals surface area contributed by atoms with Gasteiger partial charge in [-0.1, -0.05) is 46.2 Å². The van der Waals surface area contributed by atoms with Crippen LogP contribution in [0.2, 0.25) is 0 Å². The van der Waals surface area contributed by atoms with Gasteiger partial charge in [0.1, 0.15) is 11.5 Å². The number of nitrogens with zero attached hydrogens (tertiary/aromatic N) is 1. The average Bonchev–Trinajstić information content (AvgIpc) is 3.52. The number of hydrogen-bond acceptors (Lipinski definition) is 12. The molecule has 334 valence electrons. The van der Waals surface area contributed by atoms with Crippen LogP contribution in [-0.4, -0.2) is 104 Å². The summed E-state index contributed by atoms with van der Waals surface area (Å²) in [6.45, 7) is 9.44. The van der Waals surface area contributed by atoms with Crippen molar-refractivity contribution >= 4 is 65.2 Å². The van der Waals surface area contributed by atoms with E-state index in [-0.39, 0.29) is 62.9 Å². The molecule has 1 heterocycles. The highest BCUT2D eigenvalue weighted by atomic mass is 16.5. The van der Waals surface area contributed by atoms with Crippen molar-refractivity contribution in [3.05, 3.63) is 53.6 Å². The molecule has 0 radical (unpaired) electrons. The Bertz CT molecular complexity index is 1780. The van der Waals surface area contributed by atoms with Crippen molar-refractivity contribution in [1.82, 2.24) is 26.2 Å². The zero-order chi connectivity index (χ0) is 44.8. The van der Waals surface area contributed by atoms with Gasteiger partial charge < -0.3 is 41.8 Å². The van der Waals surface area contributed by atoms with Crippen molar-refractivity contribution < 1.29 is 47.8 Å². The lowest BCUT2D eigenvalue weighted by Gasteiger charge is -2.39. The first-order chi connectivity index (χ1) is 29.1. The van der Waals surface area contributed by atoms with E-state index in [2.05, 4.69) is 26.6 Å². The molecule has 0 saturated heterocycles. The number of hydrogen-bond donors (Lipinski definition) is 6. The maximum atomic E-state index is 13.7. The summed E-state index contributed by atoms with van der Waals surface area (Å²) in [5, 5.41) is 14.2. The number of carbonyl (C=O) groups excluding carboxylic acids is 8. The maximum absolute atomic E-state index is 13.7. The second kappa shape index (κ2) is 25.8. The summed E-state index contributed by atoms with van der Waals surface area (Å²) in [4.78, 5) is 103. The van der Waals surface area contributed by atoms with Crippen LogP contribution >= 0.6 is 0 Å². The normalized spacial score (nSPS) is 15.0. The molecular formula is C44H63N7O10. The van der Waals surface area contributed by atoms with Gasteiger partial charge >= 0.3 is 11.9 Å². The number of unbranched alkanes of at least 4 members (excludes halogenated alkanes) is 2. The van der Waals surface area contributed by atoms with Crippen molar-refractivity contribution in [3.8, 4) is 0 Å². The van der Waals surface area contributed by atoms with E-state index in [1.54, 1.807) is 24.3 Å². The van der Waals surface area contributed by atoms with Crippen LogP contribution in [0.3, 0.4) is 0 Å². The van der Waals surface area contributed by atoms with Crippen LogP contribution in [0.1, 0.15) is 96.6 Å². The number of ether oxygens (including phenoxy) is 2. The topological polar surface area (TPSA) is 244 Å². The standard InChI is InChI=1S/C44H63N7O10/c1-30(2)27-60-39(55)17-12-32-11-13-33(14-18-40(56)61-28-31(3)4)35(26-32)49-36(52)19-24-47-41(57)34(10-8-22-46-29-45)50-43(59)44(20-9-21-44)42(58)48-23-6-5-7-25-51-37(53)15-16-38(51)54/h11-18,26,30-31,34,46H,5-10,19-25,27-29,45H2,1-4H3,(H,47,57)(H,48,58)(H,49,52)(H,50,59). The minimum Gasteiger partial charge on any atom is -0.462 e. The molecule has 2 aliphatic rings. The smallest absolute Gasteiger partial charge is 0.330 e. The molecule has 3 rings (SSSR count). The Morgan fingerprint density at radius 3 is 2.07 bits per heavy atom. The van der Waals surface area contributed by atoms with Crippen LogP contribution in [0.5, 0.6) is 0 Å². The number of anilines is 1. The van der Waals surface area contributed by atoms with Gasteiger partial charge in [0.05, 0.1) is 13.2 Å². The molecule has 17 heteroatoms. The first-order valence-corrected chi connectivity index (χ1v) is 21.1. The summed E-state index contributed by atoms with van der Waals surface area (Å²) in [5.74, 6) is -3.35. The molecule has 7 N–H and O–H groups in total. The van der Waals surface area contributed by atoms with Gasteiger partial charge in [-0.15, -0.1) is 0 Å². The van der Waals surface area contributed by atoms with Crippen LogP contribution in [0, 0.1) is 17.3 Å². The Hall–Kier alpha value is -5.68. The lowest BCUT2D eigenvalue weighted by molar-refractivity contribution is -0.151. The fraction of sp³-hybridized carbons (Fsp3) is 0.545. The summed E-state index contributed by atoms with van der Waals surface area (Å²) in [6.07, 6.45) is 11.8. The number of carbonyl (C=O) groups is 8. The molecule has 1 fully saturated rings. The average molecular weight is 850 g/mol. The second-order valence-corrected chi connectivity index (χ2v) is 15.9. The van der Waals surface area contributed by atoms with Crippen LogP contribution in [0.25, 0.3) is 12.2 Å². The van der Waals surface area contributed by atoms with Crippen LogP contribution in [-0.2, 0) is 47.8 Å². The monoisotopic (exact) mass is 849 g/mol. The van der Waals surface area contributed by atoms with Gasteiger partial charge in [0.25, 0.3) is 11.8 Å². The Morgan fingerprint density at radius 1 is 0.803 bits per heavy atom. The minimum atomic E-state index is -1.32. The van der Waals surface area contributed by atoms with E-state index in [9.17, 15) is 38.4 Å². The summed E-state index contributed by atoms with van der Waals surface area (Å²) < 4.78 is 10.4. The molecule has 6 amide bonds. The SMILES string of the molecule is CC(C)COC(=O)C=Cc1ccc(C=CC(=O)OCC(C)C)c(NC(=O)CCNC(=O)C(CCCNCN)NC(=O)C2(C(=O)NCCCCCN3C(=O)C=CC3=O)CCC2)c1. The van der Waals surface area contributed by atoms with Crippen molar-refractivity contribution in [2.75, 3.05) is 51.4 Å². The summed E-state index contributed by atoms with van der Waals surface area (Å²) in [5.41, 5.74) is 5.65.